The highest BCUT2D eigenvalue weighted by atomic mass is 35.5. The molecule has 1 atom stereocenters. The second-order valence-electron chi connectivity index (χ2n) is 6.55. The molecule has 7 heteroatoms. The fraction of sp³-hybridized carbons (Fsp3) is 0.333. The summed E-state index contributed by atoms with van der Waals surface area (Å²) in [5.74, 6) is -0.0345. The average Bonchev–Trinajstić information content (AvgIpc) is 2.67. The van der Waals surface area contributed by atoms with Gasteiger partial charge in [0, 0.05) is 29.2 Å². The summed E-state index contributed by atoms with van der Waals surface area (Å²) in [6.45, 7) is 5.53. The summed E-state index contributed by atoms with van der Waals surface area (Å²) >= 11 is 12.5. The van der Waals surface area contributed by atoms with Gasteiger partial charge in [0.2, 0.25) is 5.91 Å². The van der Waals surface area contributed by atoms with Gasteiger partial charge in [-0.1, -0.05) is 35.3 Å². The van der Waals surface area contributed by atoms with E-state index in [0.29, 0.717) is 21.4 Å². The third-order valence-electron chi connectivity index (χ3n) is 4.64. The van der Waals surface area contributed by atoms with Gasteiger partial charge in [-0.05, 0) is 56.2 Å². The first-order valence-electron chi connectivity index (χ1n) is 8.88. The zero-order valence-electron chi connectivity index (χ0n) is 16.4. The molecule has 0 bridgehead atoms. The van der Waals surface area contributed by atoms with Crippen molar-refractivity contribution in [3.63, 3.8) is 0 Å². The highest BCUT2D eigenvalue weighted by molar-refractivity contribution is 6.36. The van der Waals surface area contributed by atoms with Crippen molar-refractivity contribution in [3.8, 4) is 5.75 Å². The van der Waals surface area contributed by atoms with E-state index >= 15 is 0 Å². The summed E-state index contributed by atoms with van der Waals surface area (Å²) in [4.78, 5) is 26.5. The number of hydrogen-bond acceptors (Lipinski definition) is 3. The number of amides is 2. The van der Waals surface area contributed by atoms with Gasteiger partial charge in [-0.3, -0.25) is 9.59 Å². The summed E-state index contributed by atoms with van der Waals surface area (Å²) in [7, 11) is 1.52. The van der Waals surface area contributed by atoms with Crippen LogP contribution in [0.1, 0.15) is 23.6 Å². The normalized spacial score (nSPS) is 11.6. The number of rotatable bonds is 7. The molecule has 0 fully saturated rings. The Bertz CT molecular complexity index is 850. The molecule has 2 aromatic carbocycles. The van der Waals surface area contributed by atoms with Crippen LogP contribution in [0.5, 0.6) is 5.75 Å². The molecule has 28 heavy (non-hydrogen) atoms. The zero-order chi connectivity index (χ0) is 20.8. The molecule has 0 aliphatic heterocycles. The van der Waals surface area contributed by atoms with Gasteiger partial charge < -0.3 is 15.0 Å². The van der Waals surface area contributed by atoms with Crippen molar-refractivity contribution in [3.05, 3.63) is 63.1 Å². The van der Waals surface area contributed by atoms with Crippen LogP contribution in [-0.4, -0.2) is 36.4 Å². The predicted molar refractivity (Wildman–Crippen MR) is 112 cm³/mol. The number of carbonyl (C=O) groups excluding carboxylic acids is 2. The van der Waals surface area contributed by atoms with Crippen molar-refractivity contribution in [2.45, 2.75) is 33.4 Å². The SMILES string of the molecule is CNC(=O)[C@H](C)N(Cc1c(Cl)cccc1Cl)C(=O)COc1ccc(C)c(C)c1. The monoisotopic (exact) mass is 422 g/mol. The topological polar surface area (TPSA) is 58.6 Å². The summed E-state index contributed by atoms with van der Waals surface area (Å²) in [5.41, 5.74) is 2.80. The first-order valence-corrected chi connectivity index (χ1v) is 9.64. The van der Waals surface area contributed by atoms with E-state index in [4.69, 9.17) is 27.9 Å². The molecule has 0 aliphatic rings. The number of halogens is 2. The van der Waals surface area contributed by atoms with E-state index < -0.39 is 6.04 Å². The van der Waals surface area contributed by atoms with Crippen molar-refractivity contribution in [1.29, 1.82) is 0 Å². The van der Waals surface area contributed by atoms with Gasteiger partial charge in [0.05, 0.1) is 0 Å². The smallest absolute Gasteiger partial charge is 0.261 e. The number of nitrogens with one attached hydrogen (secondary N) is 1. The molecule has 0 heterocycles. The molecule has 1 N–H and O–H groups in total. The van der Waals surface area contributed by atoms with Crippen LogP contribution in [0.2, 0.25) is 10.0 Å². The Morgan fingerprint density at radius 1 is 1.11 bits per heavy atom. The molecule has 0 aliphatic carbocycles. The van der Waals surface area contributed by atoms with E-state index in [0.717, 1.165) is 11.1 Å². The molecule has 0 aromatic heterocycles. The Hall–Kier alpha value is -2.24. The van der Waals surface area contributed by atoms with Gasteiger partial charge in [-0.2, -0.15) is 0 Å². The first-order chi connectivity index (χ1) is 13.2. The molecule has 2 amide bonds. The van der Waals surface area contributed by atoms with E-state index in [1.165, 1.54) is 11.9 Å². The summed E-state index contributed by atoms with van der Waals surface area (Å²) in [5, 5.41) is 3.43. The second-order valence-corrected chi connectivity index (χ2v) is 7.36. The van der Waals surface area contributed by atoms with Crippen molar-refractivity contribution < 1.29 is 14.3 Å². The molecule has 0 saturated heterocycles. The lowest BCUT2D eigenvalue weighted by molar-refractivity contribution is -0.142. The van der Waals surface area contributed by atoms with E-state index in [9.17, 15) is 9.59 Å². The largest absolute Gasteiger partial charge is 0.484 e. The highest BCUT2D eigenvalue weighted by Gasteiger charge is 2.27. The van der Waals surface area contributed by atoms with Crippen molar-refractivity contribution in [2.24, 2.45) is 0 Å². The number of carbonyl (C=O) groups is 2. The van der Waals surface area contributed by atoms with Crippen LogP contribution in [0.3, 0.4) is 0 Å². The van der Waals surface area contributed by atoms with E-state index in [1.54, 1.807) is 25.1 Å². The molecular formula is C21H24Cl2N2O3. The number of likely N-dealkylation sites (N-methyl/N-ethyl adjacent to an activating group) is 1. The maximum Gasteiger partial charge on any atom is 0.261 e. The average molecular weight is 423 g/mol. The number of aryl methyl sites for hydroxylation is 2. The van der Waals surface area contributed by atoms with Crippen molar-refractivity contribution in [2.75, 3.05) is 13.7 Å². The zero-order valence-corrected chi connectivity index (χ0v) is 17.9. The Morgan fingerprint density at radius 3 is 2.32 bits per heavy atom. The number of hydrogen-bond donors (Lipinski definition) is 1. The third kappa shape index (κ3) is 5.40. The van der Waals surface area contributed by atoms with Gasteiger partial charge in [-0.25, -0.2) is 0 Å². The van der Waals surface area contributed by atoms with Gasteiger partial charge in [0.15, 0.2) is 6.61 Å². The lowest BCUT2D eigenvalue weighted by Crippen LogP contribution is -2.48. The first kappa shape index (κ1) is 22.1. The van der Waals surface area contributed by atoms with Crippen molar-refractivity contribution in [1.82, 2.24) is 10.2 Å². The predicted octanol–water partition coefficient (Wildman–Crippen LogP) is 4.15. The van der Waals surface area contributed by atoms with E-state index in [2.05, 4.69) is 5.32 Å². The maximum atomic E-state index is 12.9. The third-order valence-corrected chi connectivity index (χ3v) is 5.35. The molecular weight excluding hydrogens is 399 g/mol. The minimum atomic E-state index is -0.715. The fourth-order valence-electron chi connectivity index (χ4n) is 2.68. The minimum absolute atomic E-state index is 0.0994. The van der Waals surface area contributed by atoms with Crippen LogP contribution >= 0.6 is 23.2 Å². The fourth-order valence-corrected chi connectivity index (χ4v) is 3.19. The van der Waals surface area contributed by atoms with E-state index in [-0.39, 0.29) is 25.0 Å². The Balaban J connectivity index is 2.21. The van der Waals surface area contributed by atoms with Crippen LogP contribution in [-0.2, 0) is 16.1 Å². The lowest BCUT2D eigenvalue weighted by atomic mass is 10.1. The van der Waals surface area contributed by atoms with Gasteiger partial charge >= 0.3 is 0 Å². The summed E-state index contributed by atoms with van der Waals surface area (Å²) in [6, 6.07) is 10.0. The summed E-state index contributed by atoms with van der Waals surface area (Å²) < 4.78 is 5.66. The molecule has 0 spiro atoms. The van der Waals surface area contributed by atoms with Crippen LogP contribution in [0.15, 0.2) is 36.4 Å². The molecule has 0 saturated carbocycles. The van der Waals surface area contributed by atoms with Crippen LogP contribution in [0.4, 0.5) is 0 Å². The highest BCUT2D eigenvalue weighted by Crippen LogP contribution is 2.26. The van der Waals surface area contributed by atoms with Crippen LogP contribution in [0.25, 0.3) is 0 Å². The Morgan fingerprint density at radius 2 is 1.75 bits per heavy atom. The van der Waals surface area contributed by atoms with E-state index in [1.807, 2.05) is 32.0 Å². The molecule has 150 valence electrons. The number of ether oxygens (including phenoxy) is 1. The van der Waals surface area contributed by atoms with Gasteiger partial charge in [0.1, 0.15) is 11.8 Å². The molecule has 0 radical (unpaired) electrons. The summed E-state index contributed by atoms with van der Waals surface area (Å²) in [6.07, 6.45) is 0. The molecule has 5 nitrogen and oxygen atoms in total. The van der Waals surface area contributed by atoms with Crippen LogP contribution in [0, 0.1) is 13.8 Å². The van der Waals surface area contributed by atoms with Gasteiger partial charge in [-0.15, -0.1) is 0 Å². The second kappa shape index (κ2) is 9.80. The maximum absolute atomic E-state index is 12.9. The Labute approximate surface area is 175 Å². The molecule has 2 aromatic rings. The molecule has 0 unspecified atom stereocenters. The van der Waals surface area contributed by atoms with Crippen LogP contribution < -0.4 is 10.1 Å². The van der Waals surface area contributed by atoms with Crippen molar-refractivity contribution >= 4 is 35.0 Å². The minimum Gasteiger partial charge on any atom is -0.484 e. The standard InChI is InChI=1S/C21H24Cl2N2O3/c1-13-8-9-16(10-14(13)2)28-12-20(26)25(15(3)21(27)24-4)11-17-18(22)6-5-7-19(17)23/h5-10,15H,11-12H2,1-4H3,(H,24,27)/t15-/m0/s1. The van der Waals surface area contributed by atoms with Gasteiger partial charge in [0.25, 0.3) is 5.91 Å². The number of nitrogens with zero attached hydrogens (tertiary/aromatic N) is 1. The lowest BCUT2D eigenvalue weighted by Gasteiger charge is -2.29. The number of benzene rings is 2. The quantitative estimate of drug-likeness (QED) is 0.728. The molecule has 2 rings (SSSR count). The Kier molecular flexibility index (Phi) is 7.72.